The van der Waals surface area contributed by atoms with Gasteiger partial charge in [-0.15, -0.1) is 0 Å². The van der Waals surface area contributed by atoms with Gasteiger partial charge in [0, 0.05) is 23.1 Å². The van der Waals surface area contributed by atoms with Crippen LogP contribution in [0.25, 0.3) is 0 Å². The van der Waals surface area contributed by atoms with Crippen molar-refractivity contribution in [2.45, 2.75) is 25.0 Å². The number of ether oxygens (including phenoxy) is 2. The second-order valence-electron chi connectivity index (χ2n) is 8.62. The molecule has 1 fully saturated rings. The summed E-state index contributed by atoms with van der Waals surface area (Å²) < 4.78 is 11.2. The number of esters is 1. The summed E-state index contributed by atoms with van der Waals surface area (Å²) in [5.74, 6) is -0.0586. The molecule has 3 aromatic rings. The van der Waals surface area contributed by atoms with Crippen LogP contribution >= 0.6 is 27.7 Å². The first-order chi connectivity index (χ1) is 18.9. The predicted molar refractivity (Wildman–Crippen MR) is 157 cm³/mol. The number of amidine groups is 1. The molecule has 0 aromatic heterocycles. The lowest BCUT2D eigenvalue weighted by Gasteiger charge is -2.17. The molecule has 1 unspecified atom stereocenters. The van der Waals surface area contributed by atoms with Gasteiger partial charge in [-0.1, -0.05) is 39.8 Å². The Morgan fingerprint density at radius 2 is 1.72 bits per heavy atom. The zero-order chi connectivity index (χ0) is 27.8. The number of amides is 2. The van der Waals surface area contributed by atoms with Gasteiger partial charge >= 0.3 is 5.97 Å². The van der Waals surface area contributed by atoms with Crippen molar-refractivity contribution in [3.05, 3.63) is 88.4 Å². The molecule has 2 amide bonds. The first kappa shape index (κ1) is 28.4. The second kappa shape index (κ2) is 13.4. The van der Waals surface area contributed by atoms with Crippen molar-refractivity contribution in [2.75, 3.05) is 25.6 Å². The third-order valence-corrected chi connectivity index (χ3v) is 7.61. The number of thioether (sulfide) groups is 1. The molecule has 39 heavy (non-hydrogen) atoms. The molecule has 3 aromatic carbocycles. The predicted octanol–water partition coefficient (Wildman–Crippen LogP) is 5.84. The van der Waals surface area contributed by atoms with Crippen LogP contribution in [0, 0.1) is 0 Å². The minimum absolute atomic E-state index is 0.0133. The summed E-state index contributed by atoms with van der Waals surface area (Å²) in [4.78, 5) is 44.5. The van der Waals surface area contributed by atoms with Crippen LogP contribution in [0.1, 0.15) is 29.3 Å². The van der Waals surface area contributed by atoms with E-state index in [0.717, 1.165) is 15.8 Å². The molecule has 1 atom stereocenters. The number of hydrogen-bond donors (Lipinski definition) is 1. The highest BCUT2D eigenvalue weighted by atomic mass is 79.9. The van der Waals surface area contributed by atoms with E-state index in [9.17, 15) is 14.4 Å². The molecule has 1 N–H and O–H groups in total. The Bertz CT molecular complexity index is 1340. The van der Waals surface area contributed by atoms with E-state index >= 15 is 0 Å². The van der Waals surface area contributed by atoms with Gasteiger partial charge in [-0.3, -0.25) is 14.5 Å². The van der Waals surface area contributed by atoms with E-state index in [4.69, 9.17) is 14.5 Å². The summed E-state index contributed by atoms with van der Waals surface area (Å²) in [5.41, 5.74) is 2.72. The molecule has 1 aliphatic heterocycles. The monoisotopic (exact) mass is 609 g/mol. The van der Waals surface area contributed by atoms with Crippen molar-refractivity contribution in [3.63, 3.8) is 0 Å². The van der Waals surface area contributed by atoms with Crippen molar-refractivity contribution < 1.29 is 23.9 Å². The molecule has 0 aliphatic carbocycles. The van der Waals surface area contributed by atoms with Gasteiger partial charge in [-0.05, 0) is 79.6 Å². The molecule has 0 bridgehead atoms. The number of aliphatic imine (C=N–C) groups is 1. The highest BCUT2D eigenvalue weighted by Gasteiger charge is 2.39. The van der Waals surface area contributed by atoms with E-state index in [-0.39, 0.29) is 18.2 Å². The van der Waals surface area contributed by atoms with Crippen molar-refractivity contribution in [1.82, 2.24) is 4.90 Å². The minimum Gasteiger partial charge on any atom is -0.497 e. The average molecular weight is 611 g/mol. The van der Waals surface area contributed by atoms with Gasteiger partial charge in [-0.2, -0.15) is 0 Å². The lowest BCUT2D eigenvalue weighted by Crippen LogP contribution is -2.35. The van der Waals surface area contributed by atoms with Crippen LogP contribution in [0.15, 0.2) is 82.3 Å². The van der Waals surface area contributed by atoms with Crippen LogP contribution < -0.4 is 10.1 Å². The normalized spacial score (nSPS) is 15.9. The highest BCUT2D eigenvalue weighted by Crippen LogP contribution is 2.32. The maximum Gasteiger partial charge on any atom is 0.338 e. The number of benzene rings is 3. The molecule has 0 saturated carbocycles. The summed E-state index contributed by atoms with van der Waals surface area (Å²) in [7, 11) is 1.62. The van der Waals surface area contributed by atoms with Gasteiger partial charge in [0.25, 0.3) is 0 Å². The standard InChI is InChI=1S/C29H28BrN3O5S/c1-3-38-28(36)20-6-10-23(11-7-20)32-29-33(17-16-19-4-14-24(37-2)15-5-19)27(35)25(39-29)18-26(34)31-22-12-8-21(30)9-13-22/h4-15,25H,3,16-18H2,1-2H3,(H,31,34). The van der Waals surface area contributed by atoms with Crippen LogP contribution in [-0.4, -0.2) is 53.4 Å². The molecule has 10 heteroatoms. The van der Waals surface area contributed by atoms with Crippen molar-refractivity contribution in [3.8, 4) is 5.75 Å². The van der Waals surface area contributed by atoms with Crippen molar-refractivity contribution in [2.24, 2.45) is 4.99 Å². The first-order valence-electron chi connectivity index (χ1n) is 12.4. The van der Waals surface area contributed by atoms with Crippen LogP contribution in [0.5, 0.6) is 5.75 Å². The topological polar surface area (TPSA) is 97.3 Å². The van der Waals surface area contributed by atoms with E-state index in [2.05, 4.69) is 21.2 Å². The number of rotatable bonds is 10. The van der Waals surface area contributed by atoms with Gasteiger partial charge < -0.3 is 14.8 Å². The summed E-state index contributed by atoms with van der Waals surface area (Å²) in [6.07, 6.45) is 0.619. The van der Waals surface area contributed by atoms with Crippen LogP contribution in [0.2, 0.25) is 0 Å². The third-order valence-electron chi connectivity index (χ3n) is 5.91. The summed E-state index contributed by atoms with van der Waals surface area (Å²) >= 11 is 4.65. The maximum absolute atomic E-state index is 13.4. The molecule has 8 nitrogen and oxygen atoms in total. The first-order valence-corrected chi connectivity index (χ1v) is 14.1. The largest absolute Gasteiger partial charge is 0.497 e. The van der Waals surface area contributed by atoms with Crippen LogP contribution in [0.3, 0.4) is 0 Å². The van der Waals surface area contributed by atoms with Crippen molar-refractivity contribution in [1.29, 1.82) is 0 Å². The quantitative estimate of drug-likeness (QED) is 0.290. The number of carbonyl (C=O) groups excluding carboxylic acids is 3. The number of anilines is 1. The molecule has 202 valence electrons. The van der Waals surface area contributed by atoms with E-state index in [1.807, 2.05) is 36.4 Å². The number of nitrogens with zero attached hydrogens (tertiary/aromatic N) is 2. The van der Waals surface area contributed by atoms with Gasteiger partial charge in [-0.25, -0.2) is 9.79 Å². The smallest absolute Gasteiger partial charge is 0.338 e. The summed E-state index contributed by atoms with van der Waals surface area (Å²) in [6, 6.07) is 21.6. The number of nitrogens with one attached hydrogen (secondary N) is 1. The molecule has 1 heterocycles. The number of halogens is 1. The summed E-state index contributed by atoms with van der Waals surface area (Å²) in [6.45, 7) is 2.45. The van der Waals surface area contributed by atoms with E-state index in [1.165, 1.54) is 11.8 Å². The second-order valence-corrected chi connectivity index (χ2v) is 10.7. The number of hydrogen-bond acceptors (Lipinski definition) is 7. The molecule has 1 aliphatic rings. The van der Waals surface area contributed by atoms with Gasteiger partial charge in [0.1, 0.15) is 11.0 Å². The lowest BCUT2D eigenvalue weighted by atomic mass is 10.1. The van der Waals surface area contributed by atoms with Gasteiger partial charge in [0.15, 0.2) is 5.17 Å². The van der Waals surface area contributed by atoms with E-state index in [1.54, 1.807) is 55.3 Å². The van der Waals surface area contributed by atoms with Crippen LogP contribution in [0.4, 0.5) is 11.4 Å². The maximum atomic E-state index is 13.4. The fraction of sp³-hybridized carbons (Fsp3) is 0.241. The zero-order valence-electron chi connectivity index (χ0n) is 21.6. The molecular formula is C29H28BrN3O5S. The third kappa shape index (κ3) is 7.70. The molecule has 4 rings (SSSR count). The Morgan fingerprint density at radius 1 is 1.03 bits per heavy atom. The Labute approximate surface area is 239 Å². The molecular weight excluding hydrogens is 582 g/mol. The molecule has 1 saturated heterocycles. The zero-order valence-corrected chi connectivity index (χ0v) is 24.0. The fourth-order valence-electron chi connectivity index (χ4n) is 3.87. The summed E-state index contributed by atoms with van der Waals surface area (Å²) in [5, 5.41) is 2.76. The Hall–Kier alpha value is -3.63. The van der Waals surface area contributed by atoms with Gasteiger partial charge in [0.05, 0.1) is 25.0 Å². The van der Waals surface area contributed by atoms with E-state index in [0.29, 0.717) is 41.7 Å². The fourth-order valence-corrected chi connectivity index (χ4v) is 5.32. The molecule has 0 spiro atoms. The Kier molecular flexibility index (Phi) is 9.78. The highest BCUT2D eigenvalue weighted by molar-refractivity contribution is 9.10. The SMILES string of the molecule is CCOC(=O)c1ccc(N=C2SC(CC(=O)Nc3ccc(Br)cc3)C(=O)N2CCc2ccc(OC)cc2)cc1. The number of carbonyl (C=O) groups is 3. The Balaban J connectivity index is 1.51. The number of methoxy groups -OCH3 is 1. The Morgan fingerprint density at radius 3 is 2.36 bits per heavy atom. The average Bonchev–Trinajstić information content (AvgIpc) is 3.22. The van der Waals surface area contributed by atoms with Crippen molar-refractivity contribution >= 4 is 62.0 Å². The molecule has 0 radical (unpaired) electrons. The van der Waals surface area contributed by atoms with Gasteiger partial charge in [0.2, 0.25) is 11.8 Å². The van der Waals surface area contributed by atoms with E-state index < -0.39 is 11.2 Å². The minimum atomic E-state index is -0.603. The lowest BCUT2D eigenvalue weighted by molar-refractivity contribution is -0.128. The van der Waals surface area contributed by atoms with Crippen LogP contribution in [-0.2, 0) is 20.7 Å².